The second-order valence-corrected chi connectivity index (χ2v) is 3.62. The Kier molecular flexibility index (Phi) is 5.13. The first kappa shape index (κ1) is 14.0. The van der Waals surface area contributed by atoms with Crippen molar-refractivity contribution in [2.75, 3.05) is 7.11 Å². The summed E-state index contributed by atoms with van der Waals surface area (Å²) in [6.07, 6.45) is 0. The van der Waals surface area contributed by atoms with Crippen LogP contribution < -0.4 is 10.2 Å². The van der Waals surface area contributed by atoms with E-state index >= 15 is 0 Å². The van der Waals surface area contributed by atoms with E-state index in [-0.39, 0.29) is 0 Å². The van der Waals surface area contributed by atoms with Crippen LogP contribution in [0.5, 0.6) is 5.75 Å². The van der Waals surface area contributed by atoms with Gasteiger partial charge in [-0.25, -0.2) is 4.79 Å². The van der Waals surface area contributed by atoms with E-state index in [0.717, 1.165) is 11.3 Å². The van der Waals surface area contributed by atoms with Crippen LogP contribution in [0.4, 0.5) is 0 Å². The number of carboxylic acids is 1. The highest BCUT2D eigenvalue weighted by atomic mass is 35.5. The molecule has 0 heterocycles. The van der Waals surface area contributed by atoms with Crippen molar-refractivity contribution in [3.8, 4) is 5.75 Å². The van der Waals surface area contributed by atoms with Gasteiger partial charge in [-0.3, -0.25) is 5.41 Å². The predicted molar refractivity (Wildman–Crippen MR) is 68.5 cm³/mol. The van der Waals surface area contributed by atoms with E-state index < -0.39 is 16.9 Å². The number of hydrogen-bond acceptors (Lipinski definition) is 5. The van der Waals surface area contributed by atoms with Gasteiger partial charge in [-0.2, -0.15) is 5.10 Å². The van der Waals surface area contributed by atoms with Crippen LogP contribution in [-0.2, 0) is 11.3 Å². The number of hydrogen-bond donors (Lipinski definition) is 3. The van der Waals surface area contributed by atoms with E-state index in [2.05, 4.69) is 10.5 Å². The van der Waals surface area contributed by atoms with Crippen LogP contribution >= 0.6 is 11.6 Å². The Bertz CT molecular complexity index is 471. The fourth-order valence-electron chi connectivity index (χ4n) is 1.09. The van der Waals surface area contributed by atoms with Gasteiger partial charge in [-0.05, 0) is 17.7 Å². The third-order valence-electron chi connectivity index (χ3n) is 2.04. The van der Waals surface area contributed by atoms with Gasteiger partial charge in [0.2, 0.25) is 0 Å². The van der Waals surface area contributed by atoms with Gasteiger partial charge < -0.3 is 15.3 Å². The molecule has 0 saturated heterocycles. The van der Waals surface area contributed by atoms with E-state index in [0.29, 0.717) is 6.54 Å². The van der Waals surface area contributed by atoms with Gasteiger partial charge in [-0.15, -0.1) is 0 Å². The van der Waals surface area contributed by atoms with Crippen molar-refractivity contribution in [2.45, 2.75) is 6.54 Å². The molecule has 3 N–H and O–H groups in total. The summed E-state index contributed by atoms with van der Waals surface area (Å²) >= 11 is 5.50. The fourth-order valence-corrected chi connectivity index (χ4v) is 1.23. The Morgan fingerprint density at radius 3 is 2.61 bits per heavy atom. The minimum Gasteiger partial charge on any atom is -0.497 e. The molecule has 6 nitrogen and oxygen atoms in total. The Hall–Kier alpha value is -2.08. The molecule has 1 aromatic carbocycles. The van der Waals surface area contributed by atoms with E-state index in [1.54, 1.807) is 19.2 Å². The summed E-state index contributed by atoms with van der Waals surface area (Å²) in [6.45, 7) is 0.368. The average Bonchev–Trinajstić information content (AvgIpc) is 2.38. The highest BCUT2D eigenvalue weighted by molar-refractivity contribution is 6.91. The largest absolute Gasteiger partial charge is 0.497 e. The lowest BCUT2D eigenvalue weighted by molar-refractivity contribution is -0.129. The number of ether oxygens (including phenoxy) is 1. The van der Waals surface area contributed by atoms with Crippen LogP contribution in [0.3, 0.4) is 0 Å². The van der Waals surface area contributed by atoms with Crippen molar-refractivity contribution in [1.29, 1.82) is 5.41 Å². The number of aliphatic carboxylic acids is 1. The van der Waals surface area contributed by atoms with Crippen LogP contribution in [0, 0.1) is 5.41 Å². The first-order valence-electron chi connectivity index (χ1n) is 4.95. The molecule has 0 fully saturated rings. The molecule has 7 heteroatoms. The second-order valence-electron chi connectivity index (χ2n) is 3.27. The molecule has 1 aromatic rings. The summed E-state index contributed by atoms with van der Waals surface area (Å²) in [5.74, 6) is -0.678. The molecule has 0 aliphatic carbocycles. The lowest BCUT2D eigenvalue weighted by Crippen LogP contribution is -2.21. The molecule has 0 atom stereocenters. The number of hydrazone groups is 1. The summed E-state index contributed by atoms with van der Waals surface area (Å²) in [7, 11) is 1.58. The number of carboxylic acid groups (broad SMARTS) is 1. The molecule has 18 heavy (non-hydrogen) atoms. The summed E-state index contributed by atoms with van der Waals surface area (Å²) in [6, 6.07) is 7.25. The number of nitrogens with zero attached hydrogens (tertiary/aromatic N) is 1. The van der Waals surface area contributed by atoms with Crippen LogP contribution in [0.1, 0.15) is 5.56 Å². The molecular weight excluding hydrogens is 258 g/mol. The number of nitrogens with one attached hydrogen (secondary N) is 2. The maximum Gasteiger partial charge on any atom is 0.357 e. The first-order valence-corrected chi connectivity index (χ1v) is 5.33. The zero-order valence-electron chi connectivity index (χ0n) is 9.61. The molecule has 0 aliphatic heterocycles. The van der Waals surface area contributed by atoms with Crippen molar-refractivity contribution in [3.63, 3.8) is 0 Å². The first-order chi connectivity index (χ1) is 8.54. The summed E-state index contributed by atoms with van der Waals surface area (Å²) in [5.41, 5.74) is 2.76. The topological polar surface area (TPSA) is 94.8 Å². The SMILES string of the molecule is COc1ccc(CN/N=C(/Cl)C(=N)C(=O)O)cc1. The molecule has 0 unspecified atom stereocenters. The number of rotatable bonds is 6. The lowest BCUT2D eigenvalue weighted by Gasteiger charge is -2.03. The molecule has 0 aliphatic rings. The molecule has 96 valence electrons. The Morgan fingerprint density at radius 1 is 1.50 bits per heavy atom. The predicted octanol–water partition coefficient (Wildman–Crippen LogP) is 1.44. The van der Waals surface area contributed by atoms with Gasteiger partial charge in [0, 0.05) is 0 Å². The van der Waals surface area contributed by atoms with Gasteiger partial charge in [-0.1, -0.05) is 23.7 Å². The summed E-state index contributed by atoms with van der Waals surface area (Å²) < 4.78 is 5.01. The van der Waals surface area contributed by atoms with E-state index in [1.165, 1.54) is 0 Å². The summed E-state index contributed by atoms with van der Waals surface area (Å²) in [4.78, 5) is 10.4. The number of methoxy groups -OCH3 is 1. The van der Waals surface area contributed by atoms with Gasteiger partial charge in [0.15, 0.2) is 10.9 Å². The van der Waals surface area contributed by atoms with E-state index in [1.807, 2.05) is 12.1 Å². The Balaban J connectivity index is 2.52. The number of carbonyl (C=O) groups is 1. The third kappa shape index (κ3) is 4.06. The highest BCUT2D eigenvalue weighted by Gasteiger charge is 2.12. The van der Waals surface area contributed by atoms with Gasteiger partial charge >= 0.3 is 5.97 Å². The van der Waals surface area contributed by atoms with Gasteiger partial charge in [0.1, 0.15) is 5.75 Å². The van der Waals surface area contributed by atoms with E-state index in [9.17, 15) is 4.79 Å². The Labute approximate surface area is 109 Å². The second kappa shape index (κ2) is 6.61. The number of halogens is 1. The normalized spacial score (nSPS) is 10.9. The van der Waals surface area contributed by atoms with Crippen LogP contribution in [0.2, 0.25) is 0 Å². The third-order valence-corrected chi connectivity index (χ3v) is 2.31. The van der Waals surface area contributed by atoms with Crippen molar-refractivity contribution < 1.29 is 14.6 Å². The number of benzene rings is 1. The zero-order chi connectivity index (χ0) is 13.5. The molecule has 0 saturated carbocycles. The monoisotopic (exact) mass is 269 g/mol. The smallest absolute Gasteiger partial charge is 0.357 e. The van der Waals surface area contributed by atoms with Gasteiger partial charge in [0.25, 0.3) is 0 Å². The maximum absolute atomic E-state index is 10.4. The average molecular weight is 270 g/mol. The Morgan fingerprint density at radius 2 is 2.11 bits per heavy atom. The molecule has 0 bridgehead atoms. The maximum atomic E-state index is 10.4. The molecule has 0 radical (unpaired) electrons. The molecule has 0 amide bonds. The molecular formula is C11H12ClN3O3. The van der Waals surface area contributed by atoms with Crippen molar-refractivity contribution in [1.82, 2.24) is 5.43 Å². The fraction of sp³-hybridized carbons (Fsp3) is 0.182. The van der Waals surface area contributed by atoms with Crippen LogP contribution in [0.15, 0.2) is 29.4 Å². The van der Waals surface area contributed by atoms with Crippen molar-refractivity contribution in [2.24, 2.45) is 5.10 Å². The molecule has 0 spiro atoms. The van der Waals surface area contributed by atoms with Crippen molar-refractivity contribution in [3.05, 3.63) is 29.8 Å². The standard InChI is InChI=1S/C11H12ClN3O3/c1-18-8-4-2-7(3-5-8)6-14-15-10(12)9(13)11(16)17/h2-5,13-14H,6H2,1H3,(H,16,17)/b13-9?,15-10+. The minimum absolute atomic E-state index is 0.368. The molecule has 1 rings (SSSR count). The highest BCUT2D eigenvalue weighted by Crippen LogP contribution is 2.10. The van der Waals surface area contributed by atoms with Crippen LogP contribution in [-0.4, -0.2) is 29.1 Å². The van der Waals surface area contributed by atoms with E-state index in [4.69, 9.17) is 26.9 Å². The zero-order valence-corrected chi connectivity index (χ0v) is 10.4. The van der Waals surface area contributed by atoms with Gasteiger partial charge in [0.05, 0.1) is 13.7 Å². The summed E-state index contributed by atoms with van der Waals surface area (Å²) in [5, 5.41) is 18.7. The van der Waals surface area contributed by atoms with Crippen LogP contribution in [0.25, 0.3) is 0 Å². The minimum atomic E-state index is -1.42. The lowest BCUT2D eigenvalue weighted by atomic mass is 10.2. The quantitative estimate of drug-likeness (QED) is 0.538. The molecule has 0 aromatic heterocycles. The van der Waals surface area contributed by atoms with Crippen molar-refractivity contribution >= 4 is 28.5 Å².